The van der Waals surface area contributed by atoms with Crippen LogP contribution in [0.5, 0.6) is 0 Å². The lowest BCUT2D eigenvalue weighted by Crippen LogP contribution is -2.50. The maximum absolute atomic E-state index is 12.5. The molecule has 0 atom stereocenters. The van der Waals surface area contributed by atoms with Crippen molar-refractivity contribution in [1.29, 1.82) is 0 Å². The Kier molecular flexibility index (Phi) is 4.96. The first-order valence-corrected chi connectivity index (χ1v) is 7.32. The lowest BCUT2D eigenvalue weighted by molar-refractivity contribution is 0.0653. The Hall–Kier alpha value is -1.17. The van der Waals surface area contributed by atoms with Crippen LogP contribution >= 0.6 is 23.8 Å². The summed E-state index contributed by atoms with van der Waals surface area (Å²) in [7, 11) is 0. The fourth-order valence-electron chi connectivity index (χ4n) is 2.34. The Morgan fingerprint density at radius 2 is 2.00 bits per heavy atom. The van der Waals surface area contributed by atoms with E-state index in [4.69, 9.17) is 29.6 Å². The van der Waals surface area contributed by atoms with Crippen molar-refractivity contribution < 1.29 is 4.79 Å². The molecule has 0 aliphatic carbocycles. The van der Waals surface area contributed by atoms with Crippen LogP contribution in [0.2, 0.25) is 5.02 Å². The third-order valence-corrected chi connectivity index (χ3v) is 4.08. The normalized spacial score (nSPS) is 16.2. The minimum absolute atomic E-state index is 0.0416. The Bertz CT molecular complexity index is 527. The summed E-state index contributed by atoms with van der Waals surface area (Å²) in [6.07, 6.45) is 0. The van der Waals surface area contributed by atoms with Crippen LogP contribution in [0.3, 0.4) is 0 Å². The van der Waals surface area contributed by atoms with Gasteiger partial charge in [-0.3, -0.25) is 9.69 Å². The van der Waals surface area contributed by atoms with E-state index < -0.39 is 0 Å². The van der Waals surface area contributed by atoms with Gasteiger partial charge in [0.05, 0.1) is 4.99 Å². The van der Waals surface area contributed by atoms with Crippen LogP contribution in [0, 0.1) is 6.92 Å². The van der Waals surface area contributed by atoms with E-state index in [0.29, 0.717) is 35.2 Å². The average Bonchev–Trinajstić information content (AvgIpc) is 2.41. The molecule has 2 N–H and O–H groups in total. The molecule has 0 radical (unpaired) electrons. The van der Waals surface area contributed by atoms with Gasteiger partial charge in [-0.1, -0.05) is 29.9 Å². The molecule has 20 heavy (non-hydrogen) atoms. The predicted molar refractivity (Wildman–Crippen MR) is 85.3 cm³/mol. The predicted octanol–water partition coefficient (Wildman–Crippen LogP) is 1.69. The van der Waals surface area contributed by atoms with Crippen LogP contribution in [-0.4, -0.2) is 53.4 Å². The Morgan fingerprint density at radius 1 is 1.35 bits per heavy atom. The van der Waals surface area contributed by atoms with E-state index >= 15 is 0 Å². The number of piperazine rings is 1. The molecule has 4 nitrogen and oxygen atoms in total. The average molecular weight is 312 g/mol. The first-order valence-electron chi connectivity index (χ1n) is 6.54. The summed E-state index contributed by atoms with van der Waals surface area (Å²) in [6.45, 7) is 5.46. The quantitative estimate of drug-likeness (QED) is 0.863. The smallest absolute Gasteiger partial charge is 0.254 e. The molecule has 1 aromatic carbocycles. The van der Waals surface area contributed by atoms with E-state index in [1.807, 2.05) is 24.0 Å². The fraction of sp³-hybridized carbons (Fsp3) is 0.429. The monoisotopic (exact) mass is 311 g/mol. The summed E-state index contributed by atoms with van der Waals surface area (Å²) in [6, 6.07) is 5.43. The van der Waals surface area contributed by atoms with E-state index in [0.717, 1.165) is 18.7 Å². The number of hydrogen-bond donors (Lipinski definition) is 1. The van der Waals surface area contributed by atoms with Gasteiger partial charge in [-0.2, -0.15) is 0 Å². The summed E-state index contributed by atoms with van der Waals surface area (Å²) in [5.41, 5.74) is 7.06. The van der Waals surface area contributed by atoms with Crippen molar-refractivity contribution >= 4 is 34.7 Å². The Balaban J connectivity index is 2.02. The topological polar surface area (TPSA) is 49.6 Å². The first-order chi connectivity index (χ1) is 9.49. The van der Waals surface area contributed by atoms with Gasteiger partial charge in [0.2, 0.25) is 0 Å². The third-order valence-electron chi connectivity index (χ3n) is 3.54. The first kappa shape index (κ1) is 15.2. The molecule has 0 spiro atoms. The van der Waals surface area contributed by atoms with Crippen molar-refractivity contribution in [3.05, 3.63) is 34.3 Å². The summed E-state index contributed by atoms with van der Waals surface area (Å²) >= 11 is 11.0. The number of carbonyl (C=O) groups is 1. The molecular formula is C14H18ClN3OS. The third kappa shape index (κ3) is 3.48. The lowest BCUT2D eigenvalue weighted by atomic mass is 10.1. The van der Waals surface area contributed by atoms with E-state index in [2.05, 4.69) is 4.90 Å². The molecule has 1 aliphatic rings. The molecule has 0 aromatic heterocycles. The van der Waals surface area contributed by atoms with Crippen LogP contribution in [0.4, 0.5) is 0 Å². The molecular weight excluding hydrogens is 294 g/mol. The van der Waals surface area contributed by atoms with Crippen LogP contribution in [0.25, 0.3) is 0 Å². The maximum Gasteiger partial charge on any atom is 0.254 e. The number of halogens is 1. The number of carbonyl (C=O) groups excluding carboxylic acids is 1. The molecule has 2 rings (SSSR count). The van der Waals surface area contributed by atoms with E-state index in [1.165, 1.54) is 0 Å². The molecule has 1 heterocycles. The number of thiocarbonyl (C=S) groups is 1. The van der Waals surface area contributed by atoms with Crippen LogP contribution in [0.1, 0.15) is 15.9 Å². The summed E-state index contributed by atoms with van der Waals surface area (Å²) in [4.78, 5) is 17.0. The largest absolute Gasteiger partial charge is 0.392 e. The molecule has 1 fully saturated rings. The Morgan fingerprint density at radius 3 is 2.60 bits per heavy atom. The number of benzene rings is 1. The van der Waals surface area contributed by atoms with Gasteiger partial charge in [0.15, 0.2) is 0 Å². The van der Waals surface area contributed by atoms with Gasteiger partial charge < -0.3 is 10.6 Å². The van der Waals surface area contributed by atoms with Gasteiger partial charge in [-0.25, -0.2) is 0 Å². The van der Waals surface area contributed by atoms with Crippen molar-refractivity contribution in [2.45, 2.75) is 6.92 Å². The standard InChI is InChI=1S/C14H18ClN3OS/c1-10-11(3-2-4-12(10)15)14(19)18-7-5-17(6-8-18)9-13(16)20/h2-4H,5-9H2,1H3,(H2,16,20). The molecule has 0 unspecified atom stereocenters. The zero-order valence-corrected chi connectivity index (χ0v) is 13.0. The van der Waals surface area contributed by atoms with Gasteiger partial charge in [0.1, 0.15) is 0 Å². The number of nitrogens with two attached hydrogens (primary N) is 1. The van der Waals surface area contributed by atoms with Gasteiger partial charge >= 0.3 is 0 Å². The minimum Gasteiger partial charge on any atom is -0.392 e. The highest BCUT2D eigenvalue weighted by Crippen LogP contribution is 2.20. The van der Waals surface area contributed by atoms with Crippen LogP contribution < -0.4 is 5.73 Å². The van der Waals surface area contributed by atoms with Crippen molar-refractivity contribution in [1.82, 2.24) is 9.80 Å². The van der Waals surface area contributed by atoms with Crippen molar-refractivity contribution in [3.8, 4) is 0 Å². The Labute approximate surface area is 129 Å². The molecule has 108 valence electrons. The second-order valence-electron chi connectivity index (χ2n) is 4.95. The molecule has 6 heteroatoms. The highest BCUT2D eigenvalue weighted by Gasteiger charge is 2.23. The molecule has 1 aromatic rings. The minimum atomic E-state index is 0.0416. The molecule has 1 amide bonds. The lowest BCUT2D eigenvalue weighted by Gasteiger charge is -2.34. The van der Waals surface area contributed by atoms with Crippen LogP contribution in [-0.2, 0) is 0 Å². The summed E-state index contributed by atoms with van der Waals surface area (Å²) in [5.74, 6) is 0.0416. The van der Waals surface area contributed by atoms with Crippen LogP contribution in [0.15, 0.2) is 18.2 Å². The van der Waals surface area contributed by atoms with Crippen molar-refractivity contribution in [2.75, 3.05) is 32.7 Å². The number of nitrogens with zero attached hydrogens (tertiary/aromatic N) is 2. The molecule has 1 aliphatic heterocycles. The zero-order valence-electron chi connectivity index (χ0n) is 11.4. The van der Waals surface area contributed by atoms with Gasteiger partial charge in [0, 0.05) is 43.3 Å². The second-order valence-corrected chi connectivity index (χ2v) is 5.88. The molecule has 0 bridgehead atoms. The number of amides is 1. The zero-order chi connectivity index (χ0) is 14.7. The SMILES string of the molecule is Cc1c(Cl)cccc1C(=O)N1CCN(CC(N)=S)CC1. The highest BCUT2D eigenvalue weighted by atomic mass is 35.5. The van der Waals surface area contributed by atoms with Crippen molar-refractivity contribution in [2.24, 2.45) is 5.73 Å². The fourth-order valence-corrected chi connectivity index (χ4v) is 2.70. The van der Waals surface area contributed by atoms with Gasteiger partial charge in [-0.15, -0.1) is 0 Å². The summed E-state index contributed by atoms with van der Waals surface area (Å²) < 4.78 is 0. The summed E-state index contributed by atoms with van der Waals surface area (Å²) in [5, 5.41) is 0.628. The van der Waals surface area contributed by atoms with E-state index in [9.17, 15) is 4.79 Å². The molecule has 1 saturated heterocycles. The maximum atomic E-state index is 12.5. The second kappa shape index (κ2) is 6.52. The van der Waals surface area contributed by atoms with Gasteiger partial charge in [0.25, 0.3) is 5.91 Å². The van der Waals surface area contributed by atoms with Gasteiger partial charge in [-0.05, 0) is 24.6 Å². The van der Waals surface area contributed by atoms with Crippen molar-refractivity contribution in [3.63, 3.8) is 0 Å². The number of hydrogen-bond acceptors (Lipinski definition) is 3. The van der Waals surface area contributed by atoms with E-state index in [1.54, 1.807) is 6.07 Å². The number of rotatable bonds is 3. The van der Waals surface area contributed by atoms with E-state index in [-0.39, 0.29) is 5.91 Å². The molecule has 0 saturated carbocycles. The highest BCUT2D eigenvalue weighted by molar-refractivity contribution is 7.80.